The van der Waals surface area contributed by atoms with Gasteiger partial charge in [-0.1, -0.05) is 12.1 Å². The zero-order chi connectivity index (χ0) is 13.7. The molecule has 2 atom stereocenters. The molecule has 20 heavy (non-hydrogen) atoms. The quantitative estimate of drug-likeness (QED) is 0.909. The monoisotopic (exact) mass is 275 g/mol. The summed E-state index contributed by atoms with van der Waals surface area (Å²) in [6, 6.07) is 2.82. The van der Waals surface area contributed by atoms with Gasteiger partial charge in [0.1, 0.15) is 5.76 Å². The minimum atomic E-state index is -0.0878. The maximum atomic E-state index is 12.2. The highest BCUT2D eigenvalue weighted by atomic mass is 16.5. The van der Waals surface area contributed by atoms with Crippen molar-refractivity contribution in [2.75, 3.05) is 13.1 Å². The predicted molar refractivity (Wildman–Crippen MR) is 73.5 cm³/mol. The second-order valence-electron chi connectivity index (χ2n) is 6.63. The number of nitrogens with zero attached hydrogens (tertiary/aromatic N) is 2. The van der Waals surface area contributed by atoms with Gasteiger partial charge >= 0.3 is 0 Å². The second kappa shape index (κ2) is 4.58. The van der Waals surface area contributed by atoms with Crippen molar-refractivity contribution in [2.45, 2.75) is 50.6 Å². The number of carbonyl (C=O) groups is 1. The van der Waals surface area contributed by atoms with E-state index in [1.165, 1.54) is 12.8 Å². The van der Waals surface area contributed by atoms with Gasteiger partial charge in [-0.2, -0.15) is 0 Å². The minimum Gasteiger partial charge on any atom is -0.360 e. The first kappa shape index (κ1) is 12.4. The molecule has 5 heteroatoms. The zero-order valence-electron chi connectivity index (χ0n) is 11.8. The van der Waals surface area contributed by atoms with E-state index in [9.17, 15) is 4.79 Å². The number of amides is 1. The Kier molecular flexibility index (Phi) is 2.84. The molecule has 0 aromatic carbocycles. The Hall–Kier alpha value is -1.36. The van der Waals surface area contributed by atoms with E-state index in [0.717, 1.165) is 37.7 Å². The fourth-order valence-corrected chi connectivity index (χ4v) is 3.13. The summed E-state index contributed by atoms with van der Waals surface area (Å²) in [5, 5.41) is 7.04. The van der Waals surface area contributed by atoms with Crippen LogP contribution in [0.4, 0.5) is 0 Å². The van der Waals surface area contributed by atoms with Crippen LogP contribution in [0.15, 0.2) is 10.6 Å². The van der Waals surface area contributed by atoms with Gasteiger partial charge in [-0.3, -0.25) is 9.69 Å². The number of hydrogen-bond acceptors (Lipinski definition) is 4. The van der Waals surface area contributed by atoms with Crippen LogP contribution in [0.5, 0.6) is 0 Å². The highest BCUT2D eigenvalue weighted by Crippen LogP contribution is 2.40. The molecule has 1 N–H and O–H groups in total. The Morgan fingerprint density at radius 2 is 2.15 bits per heavy atom. The molecule has 1 saturated heterocycles. The van der Waals surface area contributed by atoms with Gasteiger partial charge in [0.25, 0.3) is 5.91 Å². The minimum absolute atomic E-state index is 0.0878. The SMILES string of the molecule is C[C@H]1CN(C2CC2)C[C@@H]1NC(=O)c1cc(C2CC2)on1. The molecule has 0 radical (unpaired) electrons. The van der Waals surface area contributed by atoms with Gasteiger partial charge in [-0.15, -0.1) is 0 Å². The van der Waals surface area contributed by atoms with Crippen molar-refractivity contribution in [3.05, 3.63) is 17.5 Å². The highest BCUT2D eigenvalue weighted by Gasteiger charge is 2.39. The number of carbonyl (C=O) groups excluding carboxylic acids is 1. The molecular formula is C15H21N3O2. The van der Waals surface area contributed by atoms with Crippen LogP contribution in [0.2, 0.25) is 0 Å². The number of nitrogens with one attached hydrogen (secondary N) is 1. The van der Waals surface area contributed by atoms with E-state index < -0.39 is 0 Å². The summed E-state index contributed by atoms with van der Waals surface area (Å²) in [5.74, 6) is 1.79. The van der Waals surface area contributed by atoms with Gasteiger partial charge < -0.3 is 9.84 Å². The molecule has 4 rings (SSSR count). The molecule has 2 heterocycles. The number of aromatic nitrogens is 1. The van der Waals surface area contributed by atoms with Crippen LogP contribution >= 0.6 is 0 Å². The zero-order valence-corrected chi connectivity index (χ0v) is 11.8. The summed E-state index contributed by atoms with van der Waals surface area (Å²) in [5.41, 5.74) is 0.434. The van der Waals surface area contributed by atoms with Crippen LogP contribution in [0.25, 0.3) is 0 Å². The first-order valence-electron chi connectivity index (χ1n) is 7.72. The molecule has 2 aliphatic carbocycles. The molecular weight excluding hydrogens is 254 g/mol. The average Bonchev–Trinajstić information content (AvgIpc) is 3.36. The lowest BCUT2D eigenvalue weighted by atomic mass is 10.1. The van der Waals surface area contributed by atoms with Crippen molar-refractivity contribution >= 4 is 5.91 Å². The maximum Gasteiger partial charge on any atom is 0.273 e. The van der Waals surface area contributed by atoms with E-state index in [1.807, 2.05) is 6.07 Å². The smallest absolute Gasteiger partial charge is 0.273 e. The van der Waals surface area contributed by atoms with Gasteiger partial charge in [0.05, 0.1) is 0 Å². The van der Waals surface area contributed by atoms with E-state index in [0.29, 0.717) is 17.5 Å². The van der Waals surface area contributed by atoms with Crippen LogP contribution in [0, 0.1) is 5.92 Å². The largest absolute Gasteiger partial charge is 0.360 e. The van der Waals surface area contributed by atoms with E-state index >= 15 is 0 Å². The standard InChI is InChI=1S/C15H21N3O2/c1-9-7-18(11-4-5-11)8-13(9)16-15(19)12-6-14(20-17-12)10-2-3-10/h6,9-11,13H,2-5,7-8H2,1H3,(H,16,19)/t9-,13-/m0/s1. The van der Waals surface area contributed by atoms with E-state index in [4.69, 9.17) is 4.52 Å². The van der Waals surface area contributed by atoms with Crippen LogP contribution in [-0.4, -0.2) is 41.1 Å². The van der Waals surface area contributed by atoms with Gasteiger partial charge in [0.15, 0.2) is 5.69 Å². The predicted octanol–water partition coefficient (Wildman–Crippen LogP) is 1.76. The maximum absolute atomic E-state index is 12.2. The third-order valence-electron chi connectivity index (χ3n) is 4.76. The average molecular weight is 275 g/mol. The van der Waals surface area contributed by atoms with Crippen molar-refractivity contribution in [2.24, 2.45) is 5.92 Å². The lowest BCUT2D eigenvalue weighted by Crippen LogP contribution is -2.40. The van der Waals surface area contributed by atoms with Crippen LogP contribution in [0.3, 0.4) is 0 Å². The van der Waals surface area contributed by atoms with E-state index in [-0.39, 0.29) is 11.9 Å². The van der Waals surface area contributed by atoms with Gasteiger partial charge in [0.2, 0.25) is 0 Å². The summed E-state index contributed by atoms with van der Waals surface area (Å²) in [6.07, 6.45) is 4.96. The second-order valence-corrected chi connectivity index (χ2v) is 6.63. The molecule has 0 unspecified atom stereocenters. The Labute approximate surface area is 118 Å². The molecule has 108 valence electrons. The Morgan fingerprint density at radius 3 is 2.85 bits per heavy atom. The summed E-state index contributed by atoms with van der Waals surface area (Å²) in [6.45, 7) is 4.29. The lowest BCUT2D eigenvalue weighted by molar-refractivity contribution is 0.0922. The molecule has 2 saturated carbocycles. The fraction of sp³-hybridized carbons (Fsp3) is 0.733. The first-order chi connectivity index (χ1) is 9.70. The topological polar surface area (TPSA) is 58.4 Å². The van der Waals surface area contributed by atoms with Crippen LogP contribution in [0.1, 0.15) is 54.8 Å². The molecule has 0 spiro atoms. The van der Waals surface area contributed by atoms with Gasteiger partial charge in [-0.25, -0.2) is 0 Å². The lowest BCUT2D eigenvalue weighted by Gasteiger charge is -2.16. The van der Waals surface area contributed by atoms with Crippen molar-refractivity contribution in [1.82, 2.24) is 15.4 Å². The van der Waals surface area contributed by atoms with Crippen LogP contribution in [-0.2, 0) is 0 Å². The number of rotatable bonds is 4. The van der Waals surface area contributed by atoms with Crippen LogP contribution < -0.4 is 5.32 Å². The molecule has 3 aliphatic rings. The molecule has 0 bridgehead atoms. The Bertz CT molecular complexity index is 519. The fourth-order valence-electron chi connectivity index (χ4n) is 3.13. The molecule has 3 fully saturated rings. The first-order valence-corrected chi connectivity index (χ1v) is 7.72. The normalized spacial score (nSPS) is 30.6. The van der Waals surface area contributed by atoms with Crippen molar-refractivity contribution in [1.29, 1.82) is 0 Å². The van der Waals surface area contributed by atoms with Crippen molar-refractivity contribution in [3.8, 4) is 0 Å². The van der Waals surface area contributed by atoms with Crippen molar-refractivity contribution in [3.63, 3.8) is 0 Å². The molecule has 1 amide bonds. The third-order valence-corrected chi connectivity index (χ3v) is 4.76. The molecule has 5 nitrogen and oxygen atoms in total. The number of hydrogen-bond donors (Lipinski definition) is 1. The van der Waals surface area contributed by atoms with E-state index in [1.54, 1.807) is 0 Å². The summed E-state index contributed by atoms with van der Waals surface area (Å²) in [4.78, 5) is 14.8. The number of likely N-dealkylation sites (tertiary alicyclic amines) is 1. The highest BCUT2D eigenvalue weighted by molar-refractivity contribution is 5.92. The summed E-state index contributed by atoms with van der Waals surface area (Å²) in [7, 11) is 0. The van der Waals surface area contributed by atoms with E-state index in [2.05, 4.69) is 22.3 Å². The van der Waals surface area contributed by atoms with Gasteiger partial charge in [0, 0.05) is 37.2 Å². The molecule has 1 aromatic heterocycles. The Balaban J connectivity index is 1.38. The summed E-state index contributed by atoms with van der Waals surface area (Å²) >= 11 is 0. The molecule has 1 aliphatic heterocycles. The molecule has 1 aromatic rings. The Morgan fingerprint density at radius 1 is 1.35 bits per heavy atom. The summed E-state index contributed by atoms with van der Waals surface area (Å²) < 4.78 is 5.25. The van der Waals surface area contributed by atoms with Gasteiger partial charge in [-0.05, 0) is 31.6 Å². The third kappa shape index (κ3) is 2.35. The van der Waals surface area contributed by atoms with Crippen molar-refractivity contribution < 1.29 is 9.32 Å².